The van der Waals surface area contributed by atoms with Crippen molar-refractivity contribution in [1.29, 1.82) is 0 Å². The van der Waals surface area contributed by atoms with E-state index in [4.69, 9.17) is 14.2 Å². The van der Waals surface area contributed by atoms with Crippen LogP contribution in [0.25, 0.3) is 28.0 Å². The number of carbonyl (C=O) groups is 2. The number of halogens is 3. The average Bonchev–Trinajstić information content (AvgIpc) is 3.51. The van der Waals surface area contributed by atoms with Gasteiger partial charge in [0.25, 0.3) is 5.91 Å². The SMILES string of the molecule is COc1cc(-c2cnc3cc(-c4cnn(CC(=O)OC(C)(C)C)c4)ccn23)cc(OC)c1C(=O)NCC(F)(F)F. The average molecular weight is 560 g/mol. The van der Waals surface area contributed by atoms with E-state index in [2.05, 4.69) is 10.1 Å². The van der Waals surface area contributed by atoms with Gasteiger partial charge in [-0.1, -0.05) is 0 Å². The third-order valence-corrected chi connectivity index (χ3v) is 5.67. The molecule has 0 radical (unpaired) electrons. The summed E-state index contributed by atoms with van der Waals surface area (Å²) in [5, 5.41) is 6.09. The fourth-order valence-corrected chi connectivity index (χ4v) is 4.03. The number of amides is 1. The molecule has 1 aromatic carbocycles. The van der Waals surface area contributed by atoms with Crippen LogP contribution >= 0.6 is 0 Å². The molecule has 0 aliphatic rings. The first-order chi connectivity index (χ1) is 18.8. The standard InChI is InChI=1S/C27H28F3N5O5/c1-26(2,3)40-23(36)14-34-13-18(11-33-34)16-6-7-35-19(12-31-22(35)10-16)17-8-20(38-4)24(21(9-17)39-5)25(37)32-15-27(28,29)30/h6-13H,14-15H2,1-5H3,(H,32,37). The van der Waals surface area contributed by atoms with Gasteiger partial charge in [-0.3, -0.25) is 18.7 Å². The number of nitrogens with zero attached hydrogens (tertiary/aromatic N) is 4. The molecule has 0 spiro atoms. The van der Waals surface area contributed by atoms with E-state index in [0.29, 0.717) is 16.9 Å². The van der Waals surface area contributed by atoms with Crippen LogP contribution in [-0.4, -0.2) is 63.6 Å². The summed E-state index contributed by atoms with van der Waals surface area (Å²) < 4.78 is 57.2. The van der Waals surface area contributed by atoms with Gasteiger partial charge < -0.3 is 19.5 Å². The Morgan fingerprint density at radius 3 is 2.25 bits per heavy atom. The summed E-state index contributed by atoms with van der Waals surface area (Å²) >= 11 is 0. The lowest BCUT2D eigenvalue weighted by Gasteiger charge is -2.19. The van der Waals surface area contributed by atoms with Crippen LogP contribution in [0.4, 0.5) is 13.2 Å². The summed E-state index contributed by atoms with van der Waals surface area (Å²) in [6.07, 6.45) is 2.21. The number of esters is 1. The van der Waals surface area contributed by atoms with Crippen LogP contribution in [0.2, 0.25) is 0 Å². The van der Waals surface area contributed by atoms with Gasteiger partial charge in [-0.2, -0.15) is 18.3 Å². The van der Waals surface area contributed by atoms with Crippen LogP contribution in [0.3, 0.4) is 0 Å². The highest BCUT2D eigenvalue weighted by molar-refractivity contribution is 6.00. The second kappa shape index (κ2) is 10.9. The van der Waals surface area contributed by atoms with Gasteiger partial charge >= 0.3 is 12.1 Å². The van der Waals surface area contributed by atoms with Crippen LogP contribution in [0.5, 0.6) is 11.5 Å². The molecule has 0 fully saturated rings. The number of rotatable bonds is 8. The third kappa shape index (κ3) is 6.53. The fourth-order valence-electron chi connectivity index (χ4n) is 4.03. The van der Waals surface area contributed by atoms with Crippen molar-refractivity contribution in [1.82, 2.24) is 24.5 Å². The zero-order valence-corrected chi connectivity index (χ0v) is 22.5. The second-order valence-electron chi connectivity index (χ2n) is 9.85. The predicted octanol–water partition coefficient (Wildman–Crippen LogP) is 4.52. The molecular formula is C27H28F3N5O5. The lowest BCUT2D eigenvalue weighted by molar-refractivity contribution is -0.155. The number of imidazole rings is 1. The maximum atomic E-state index is 12.6. The molecule has 10 nitrogen and oxygen atoms in total. The van der Waals surface area contributed by atoms with E-state index < -0.39 is 30.2 Å². The molecule has 0 atom stereocenters. The maximum absolute atomic E-state index is 12.6. The first-order valence-corrected chi connectivity index (χ1v) is 12.1. The Hall–Kier alpha value is -4.55. The molecule has 1 amide bonds. The highest BCUT2D eigenvalue weighted by atomic mass is 19.4. The molecule has 40 heavy (non-hydrogen) atoms. The van der Waals surface area contributed by atoms with Gasteiger partial charge in [0.2, 0.25) is 0 Å². The van der Waals surface area contributed by atoms with Gasteiger partial charge in [0.15, 0.2) is 0 Å². The number of ether oxygens (including phenoxy) is 3. The number of hydrogen-bond donors (Lipinski definition) is 1. The van der Waals surface area contributed by atoms with Gasteiger partial charge in [0.1, 0.15) is 41.4 Å². The highest BCUT2D eigenvalue weighted by Gasteiger charge is 2.30. The molecule has 0 aliphatic carbocycles. The maximum Gasteiger partial charge on any atom is 0.405 e. The van der Waals surface area contributed by atoms with Crippen molar-refractivity contribution < 1.29 is 37.0 Å². The quantitative estimate of drug-likeness (QED) is 0.316. The number of hydrogen-bond acceptors (Lipinski definition) is 7. The smallest absolute Gasteiger partial charge is 0.405 e. The van der Waals surface area contributed by atoms with Crippen molar-refractivity contribution in [2.24, 2.45) is 0 Å². The summed E-state index contributed by atoms with van der Waals surface area (Å²) in [7, 11) is 2.62. The Morgan fingerprint density at radius 1 is 0.975 bits per heavy atom. The molecule has 0 aliphatic heterocycles. The zero-order valence-electron chi connectivity index (χ0n) is 22.5. The van der Waals surface area contributed by atoms with Gasteiger partial charge in [-0.15, -0.1) is 0 Å². The number of nitrogens with one attached hydrogen (secondary N) is 1. The molecule has 0 saturated heterocycles. The molecule has 4 aromatic rings. The van der Waals surface area contributed by atoms with E-state index in [1.807, 2.05) is 17.4 Å². The van der Waals surface area contributed by atoms with Crippen LogP contribution < -0.4 is 14.8 Å². The van der Waals surface area contributed by atoms with Crippen molar-refractivity contribution in [3.8, 4) is 33.9 Å². The summed E-state index contributed by atoms with van der Waals surface area (Å²) in [4.78, 5) is 29.1. The van der Waals surface area contributed by atoms with Gasteiger partial charge in [0, 0.05) is 23.5 Å². The summed E-state index contributed by atoms with van der Waals surface area (Å²) in [6.45, 7) is 3.87. The molecule has 212 valence electrons. The van der Waals surface area contributed by atoms with Gasteiger partial charge in [-0.25, -0.2) is 4.98 Å². The van der Waals surface area contributed by atoms with Crippen molar-refractivity contribution in [3.63, 3.8) is 0 Å². The number of alkyl halides is 3. The van der Waals surface area contributed by atoms with E-state index in [9.17, 15) is 22.8 Å². The zero-order chi connectivity index (χ0) is 29.2. The number of pyridine rings is 1. The van der Waals surface area contributed by atoms with Crippen LogP contribution in [0.1, 0.15) is 31.1 Å². The Morgan fingerprint density at radius 2 is 1.65 bits per heavy atom. The summed E-state index contributed by atoms with van der Waals surface area (Å²) in [5.74, 6) is -1.30. The van der Waals surface area contributed by atoms with Crippen molar-refractivity contribution in [3.05, 3.63) is 54.6 Å². The molecule has 0 saturated carbocycles. The van der Waals surface area contributed by atoms with E-state index in [1.54, 1.807) is 50.0 Å². The van der Waals surface area contributed by atoms with Crippen molar-refractivity contribution >= 4 is 17.5 Å². The highest BCUT2D eigenvalue weighted by Crippen LogP contribution is 2.36. The second-order valence-corrected chi connectivity index (χ2v) is 9.85. The number of carbonyl (C=O) groups excluding carboxylic acids is 2. The van der Waals surface area contributed by atoms with Crippen molar-refractivity contribution in [2.75, 3.05) is 20.8 Å². The molecular weight excluding hydrogens is 531 g/mol. The van der Waals surface area contributed by atoms with E-state index in [-0.39, 0.29) is 23.6 Å². The normalized spacial score (nSPS) is 11.9. The fraction of sp³-hybridized carbons (Fsp3) is 0.333. The number of aromatic nitrogens is 4. The van der Waals surface area contributed by atoms with Gasteiger partial charge in [-0.05, 0) is 50.6 Å². The molecule has 3 heterocycles. The molecule has 3 aromatic heterocycles. The Labute approximate surface area is 227 Å². The molecule has 13 heteroatoms. The number of benzene rings is 1. The third-order valence-electron chi connectivity index (χ3n) is 5.67. The lowest BCUT2D eigenvalue weighted by Crippen LogP contribution is -2.34. The van der Waals surface area contributed by atoms with Crippen LogP contribution in [0, 0.1) is 0 Å². The molecule has 0 unspecified atom stereocenters. The molecule has 4 rings (SSSR count). The Balaban J connectivity index is 1.62. The first kappa shape index (κ1) is 28.5. The largest absolute Gasteiger partial charge is 0.496 e. The van der Waals surface area contributed by atoms with Crippen molar-refractivity contribution in [2.45, 2.75) is 39.1 Å². The minimum Gasteiger partial charge on any atom is -0.496 e. The van der Waals surface area contributed by atoms with Gasteiger partial charge in [0.05, 0.1) is 32.3 Å². The lowest BCUT2D eigenvalue weighted by atomic mass is 10.1. The van der Waals surface area contributed by atoms with E-state index >= 15 is 0 Å². The van der Waals surface area contributed by atoms with Crippen LogP contribution in [0.15, 0.2) is 49.1 Å². The minimum absolute atomic E-state index is 0.0269. The minimum atomic E-state index is -4.57. The number of fused-ring (bicyclic) bond motifs is 1. The monoisotopic (exact) mass is 559 g/mol. The van der Waals surface area contributed by atoms with E-state index in [1.165, 1.54) is 31.0 Å². The first-order valence-electron chi connectivity index (χ1n) is 12.1. The van der Waals surface area contributed by atoms with Crippen LogP contribution in [-0.2, 0) is 16.1 Å². The Kier molecular flexibility index (Phi) is 7.76. The summed E-state index contributed by atoms with van der Waals surface area (Å²) in [5.41, 5.74) is 2.62. The topological polar surface area (TPSA) is 109 Å². The van der Waals surface area contributed by atoms with E-state index in [0.717, 1.165) is 11.1 Å². The predicted molar refractivity (Wildman–Crippen MR) is 139 cm³/mol. The molecule has 0 bridgehead atoms. The Bertz CT molecular complexity index is 1530. The molecule has 1 N–H and O–H groups in total. The number of methoxy groups -OCH3 is 2. The summed E-state index contributed by atoms with van der Waals surface area (Å²) in [6, 6.07) is 6.75.